The fraction of sp³-hybridized carbons (Fsp3) is 0.769. The fourth-order valence-electron chi connectivity index (χ4n) is 2.39. The first-order chi connectivity index (χ1) is 10.8. The lowest BCUT2D eigenvalue weighted by molar-refractivity contribution is -0.192. The number of azide groups is 1. The molecule has 1 aliphatic rings. The van der Waals surface area contributed by atoms with Crippen LogP contribution in [0.1, 0.15) is 27.7 Å². The summed E-state index contributed by atoms with van der Waals surface area (Å²) in [6, 6.07) is -0.837. The molecule has 1 rings (SSSR count). The van der Waals surface area contributed by atoms with Crippen molar-refractivity contribution in [3.63, 3.8) is 0 Å². The van der Waals surface area contributed by atoms with Crippen LogP contribution in [-0.2, 0) is 28.6 Å². The van der Waals surface area contributed by atoms with Crippen LogP contribution in [0.25, 0.3) is 10.4 Å². The van der Waals surface area contributed by atoms with Crippen molar-refractivity contribution in [2.24, 2.45) is 11.0 Å². The second kappa shape index (κ2) is 8.35. The molecule has 1 fully saturated rings. The van der Waals surface area contributed by atoms with E-state index in [0.29, 0.717) is 0 Å². The number of hydrogen-bond acceptors (Lipinski definition) is 7. The highest BCUT2D eigenvalue weighted by Gasteiger charge is 2.46. The number of hydrogen-bond donors (Lipinski definition) is 1. The van der Waals surface area contributed by atoms with Crippen LogP contribution in [0, 0.1) is 5.92 Å². The number of nitrogens with one attached hydrogen (secondary N) is 1. The zero-order valence-electron chi connectivity index (χ0n) is 13.4. The van der Waals surface area contributed by atoms with Crippen LogP contribution in [0.15, 0.2) is 5.11 Å². The Morgan fingerprint density at radius 1 is 1.26 bits per heavy atom. The first kappa shape index (κ1) is 18.7. The third kappa shape index (κ3) is 5.42. The average molecular weight is 328 g/mol. The number of ether oxygens (including phenoxy) is 3. The van der Waals surface area contributed by atoms with Crippen molar-refractivity contribution >= 4 is 17.8 Å². The Balaban J connectivity index is 3.06. The summed E-state index contributed by atoms with van der Waals surface area (Å²) in [5, 5.41) is 6.07. The SMILES string of the molecule is CC(=O)NC1[C@H](N=[N+]=[N-])OC(COC(C)=O)[C@@H](C)[C@@H]1OC(C)=O. The standard InChI is InChI=1S/C13H20N4O6/c1-6-10(5-21-8(3)19)23-13(16-17-14)11(15-7(2)18)12(6)22-9(4)20/h6,10-13H,5H2,1-4H3,(H,15,18)/t6-,10?,11?,12+,13-/m1/s1. The van der Waals surface area contributed by atoms with Gasteiger partial charge in [0.05, 0.1) is 12.1 Å². The molecule has 10 nitrogen and oxygen atoms in total. The zero-order valence-corrected chi connectivity index (χ0v) is 13.4. The smallest absolute Gasteiger partial charge is 0.302 e. The number of rotatable bonds is 5. The van der Waals surface area contributed by atoms with Gasteiger partial charge >= 0.3 is 11.9 Å². The van der Waals surface area contributed by atoms with Gasteiger partial charge in [-0.2, -0.15) is 0 Å². The molecule has 0 aliphatic carbocycles. The first-order valence-electron chi connectivity index (χ1n) is 7.03. The summed E-state index contributed by atoms with van der Waals surface area (Å²) >= 11 is 0. The van der Waals surface area contributed by atoms with E-state index < -0.39 is 42.3 Å². The third-order valence-corrected chi connectivity index (χ3v) is 3.37. The van der Waals surface area contributed by atoms with Crippen molar-refractivity contribution in [3.05, 3.63) is 10.4 Å². The summed E-state index contributed by atoms with van der Waals surface area (Å²) < 4.78 is 15.8. The summed E-state index contributed by atoms with van der Waals surface area (Å²) in [4.78, 5) is 36.4. The molecule has 1 saturated heterocycles. The van der Waals surface area contributed by atoms with Gasteiger partial charge in [-0.25, -0.2) is 0 Å². The Morgan fingerprint density at radius 2 is 1.91 bits per heavy atom. The molecule has 1 heterocycles. The van der Waals surface area contributed by atoms with E-state index in [1.54, 1.807) is 6.92 Å². The van der Waals surface area contributed by atoms with Gasteiger partial charge in [-0.15, -0.1) is 0 Å². The molecule has 1 amide bonds. The molecule has 0 aromatic heterocycles. The molecule has 0 aromatic rings. The van der Waals surface area contributed by atoms with Gasteiger partial charge in [0.2, 0.25) is 5.91 Å². The van der Waals surface area contributed by atoms with Crippen LogP contribution in [-0.4, -0.2) is 48.9 Å². The summed E-state index contributed by atoms with van der Waals surface area (Å²) in [6.45, 7) is 5.41. The van der Waals surface area contributed by atoms with Crippen molar-refractivity contribution < 1.29 is 28.6 Å². The Kier molecular flexibility index (Phi) is 6.80. The molecule has 0 bridgehead atoms. The quantitative estimate of drug-likeness (QED) is 0.340. The van der Waals surface area contributed by atoms with Gasteiger partial charge in [-0.05, 0) is 5.53 Å². The van der Waals surface area contributed by atoms with Crippen LogP contribution >= 0.6 is 0 Å². The van der Waals surface area contributed by atoms with Crippen LogP contribution in [0.2, 0.25) is 0 Å². The van der Waals surface area contributed by atoms with Crippen LogP contribution in [0.3, 0.4) is 0 Å². The van der Waals surface area contributed by atoms with Gasteiger partial charge in [0.25, 0.3) is 0 Å². The van der Waals surface area contributed by atoms with E-state index in [4.69, 9.17) is 19.7 Å². The Bertz CT molecular complexity index is 519. The molecule has 0 aromatic carbocycles. The van der Waals surface area contributed by atoms with E-state index in [1.165, 1.54) is 20.8 Å². The Hall–Kier alpha value is -2.32. The normalized spacial score (nSPS) is 29.8. The molecule has 0 spiro atoms. The molecule has 0 radical (unpaired) electrons. The van der Waals surface area contributed by atoms with E-state index in [0.717, 1.165) is 0 Å². The van der Waals surface area contributed by atoms with E-state index in [9.17, 15) is 14.4 Å². The zero-order chi connectivity index (χ0) is 17.6. The minimum atomic E-state index is -1.09. The summed E-state index contributed by atoms with van der Waals surface area (Å²) in [5.74, 6) is -1.83. The predicted molar refractivity (Wildman–Crippen MR) is 76.8 cm³/mol. The van der Waals surface area contributed by atoms with E-state index in [2.05, 4.69) is 15.3 Å². The molecule has 1 N–H and O–H groups in total. The monoisotopic (exact) mass is 328 g/mol. The van der Waals surface area contributed by atoms with E-state index in [1.807, 2.05) is 0 Å². The second-order valence-corrected chi connectivity index (χ2v) is 5.23. The van der Waals surface area contributed by atoms with Crippen LogP contribution in [0.5, 0.6) is 0 Å². The van der Waals surface area contributed by atoms with Crippen molar-refractivity contribution in [2.45, 2.75) is 52.2 Å². The number of carbonyl (C=O) groups is 3. The van der Waals surface area contributed by atoms with Crippen molar-refractivity contribution in [3.8, 4) is 0 Å². The van der Waals surface area contributed by atoms with E-state index in [-0.39, 0.29) is 12.5 Å². The molecular formula is C13H20N4O6. The minimum Gasteiger partial charge on any atom is -0.463 e. The molecule has 10 heteroatoms. The predicted octanol–water partition coefficient (Wildman–Crippen LogP) is 0.657. The molecular weight excluding hydrogens is 308 g/mol. The van der Waals surface area contributed by atoms with Gasteiger partial charge in [0, 0.05) is 31.6 Å². The minimum absolute atomic E-state index is 0.0848. The maximum Gasteiger partial charge on any atom is 0.302 e. The lowest BCUT2D eigenvalue weighted by Gasteiger charge is -2.43. The van der Waals surface area contributed by atoms with Gasteiger partial charge in [-0.3, -0.25) is 14.4 Å². The maximum atomic E-state index is 11.4. The largest absolute Gasteiger partial charge is 0.463 e. The van der Waals surface area contributed by atoms with Gasteiger partial charge in [-0.1, -0.05) is 12.0 Å². The molecule has 5 atom stereocenters. The average Bonchev–Trinajstić information content (AvgIpc) is 2.43. The number of esters is 2. The number of nitrogens with zero attached hydrogens (tertiary/aromatic N) is 3. The third-order valence-electron chi connectivity index (χ3n) is 3.37. The van der Waals surface area contributed by atoms with Gasteiger partial charge in [0.1, 0.15) is 12.7 Å². The molecule has 2 unspecified atom stereocenters. The van der Waals surface area contributed by atoms with Gasteiger partial charge < -0.3 is 19.5 Å². The number of carbonyl (C=O) groups excluding carboxylic acids is 3. The van der Waals surface area contributed by atoms with Crippen LogP contribution < -0.4 is 5.32 Å². The molecule has 1 aliphatic heterocycles. The van der Waals surface area contributed by atoms with Crippen molar-refractivity contribution in [1.82, 2.24) is 5.32 Å². The number of amides is 1. The molecule has 23 heavy (non-hydrogen) atoms. The van der Waals surface area contributed by atoms with Crippen molar-refractivity contribution in [2.75, 3.05) is 6.61 Å². The lowest BCUT2D eigenvalue weighted by atomic mass is 9.88. The Labute approximate surface area is 133 Å². The highest BCUT2D eigenvalue weighted by atomic mass is 16.6. The first-order valence-corrected chi connectivity index (χ1v) is 7.03. The summed E-state index contributed by atoms with van der Waals surface area (Å²) in [7, 11) is 0. The lowest BCUT2D eigenvalue weighted by Crippen LogP contribution is -2.61. The molecule has 0 saturated carbocycles. The van der Waals surface area contributed by atoms with Crippen LogP contribution in [0.4, 0.5) is 0 Å². The van der Waals surface area contributed by atoms with Crippen molar-refractivity contribution in [1.29, 1.82) is 0 Å². The fourth-order valence-corrected chi connectivity index (χ4v) is 2.39. The molecule has 128 valence electrons. The maximum absolute atomic E-state index is 11.4. The summed E-state index contributed by atoms with van der Waals surface area (Å²) in [5.41, 5.74) is 8.68. The Morgan fingerprint density at radius 3 is 2.39 bits per heavy atom. The highest BCUT2D eigenvalue weighted by Crippen LogP contribution is 2.29. The second-order valence-electron chi connectivity index (χ2n) is 5.23. The van der Waals surface area contributed by atoms with Gasteiger partial charge in [0.15, 0.2) is 6.23 Å². The van der Waals surface area contributed by atoms with E-state index >= 15 is 0 Å². The topological polar surface area (TPSA) is 140 Å². The summed E-state index contributed by atoms with van der Waals surface area (Å²) in [6.07, 6.45) is -2.53. The highest BCUT2D eigenvalue weighted by molar-refractivity contribution is 5.73.